The van der Waals surface area contributed by atoms with Crippen LogP contribution in [0.15, 0.2) is 71.0 Å². The van der Waals surface area contributed by atoms with Gasteiger partial charge >= 0.3 is 0 Å². The fraction of sp³-hybridized carbons (Fsp3) is 0.0417. The van der Waals surface area contributed by atoms with E-state index in [0.717, 1.165) is 27.0 Å². The fourth-order valence-corrected chi connectivity index (χ4v) is 5.17. The molecule has 31 heavy (non-hydrogen) atoms. The standard InChI is InChI=1S/C24H14FN3OS2/c1-2-11-28-20-10-9-15(25)13-22(20)31-24(28)27-23(29)17-14-19(21-8-5-12-30-21)26-18-7-4-3-6-16(17)18/h1,3-10,12-14H,11H2. The molecule has 0 saturated carbocycles. The first-order chi connectivity index (χ1) is 15.1. The average molecular weight is 444 g/mol. The number of terminal acetylenes is 1. The number of benzene rings is 2. The first-order valence-corrected chi connectivity index (χ1v) is 11.1. The van der Waals surface area contributed by atoms with Gasteiger partial charge in [-0.3, -0.25) is 4.79 Å². The summed E-state index contributed by atoms with van der Waals surface area (Å²) in [6, 6.07) is 17.6. The second kappa shape index (κ2) is 7.91. The Balaban J connectivity index is 1.72. The van der Waals surface area contributed by atoms with Gasteiger partial charge in [-0.1, -0.05) is 41.5 Å². The van der Waals surface area contributed by atoms with Gasteiger partial charge in [0.2, 0.25) is 0 Å². The number of para-hydroxylation sites is 1. The zero-order valence-electron chi connectivity index (χ0n) is 16.1. The Morgan fingerprint density at radius 1 is 1.16 bits per heavy atom. The molecule has 0 unspecified atom stereocenters. The zero-order valence-corrected chi connectivity index (χ0v) is 17.7. The Morgan fingerprint density at radius 2 is 2.03 bits per heavy atom. The highest BCUT2D eigenvalue weighted by molar-refractivity contribution is 7.16. The maximum atomic E-state index is 13.7. The molecule has 0 fully saturated rings. The summed E-state index contributed by atoms with van der Waals surface area (Å²) in [6.45, 7) is 0.231. The van der Waals surface area contributed by atoms with Gasteiger partial charge in [-0.15, -0.1) is 17.8 Å². The van der Waals surface area contributed by atoms with Crippen LogP contribution in [0.2, 0.25) is 0 Å². The number of aromatic nitrogens is 2. The van der Waals surface area contributed by atoms with Gasteiger partial charge in [0.05, 0.1) is 38.4 Å². The lowest BCUT2D eigenvalue weighted by Crippen LogP contribution is -2.16. The van der Waals surface area contributed by atoms with E-state index in [2.05, 4.69) is 10.9 Å². The maximum absolute atomic E-state index is 13.7. The molecule has 0 N–H and O–H groups in total. The van der Waals surface area contributed by atoms with Crippen LogP contribution in [-0.4, -0.2) is 15.5 Å². The third-order valence-corrected chi connectivity index (χ3v) is 6.75. The van der Waals surface area contributed by atoms with E-state index in [0.29, 0.717) is 15.1 Å². The first-order valence-electron chi connectivity index (χ1n) is 9.39. The van der Waals surface area contributed by atoms with E-state index in [-0.39, 0.29) is 12.4 Å². The SMILES string of the molecule is C#CCn1c(=NC(=O)c2cc(-c3cccs3)nc3ccccc23)sc2cc(F)ccc21. The smallest absolute Gasteiger partial charge is 0.280 e. The highest BCUT2D eigenvalue weighted by Gasteiger charge is 2.15. The molecule has 3 heterocycles. The molecule has 0 atom stereocenters. The third kappa shape index (κ3) is 3.56. The molecule has 4 nitrogen and oxygen atoms in total. The molecular weight excluding hydrogens is 429 g/mol. The second-order valence-corrected chi connectivity index (χ2v) is 8.71. The molecule has 2 aromatic carbocycles. The lowest BCUT2D eigenvalue weighted by atomic mass is 10.1. The molecule has 0 aliphatic heterocycles. The molecule has 0 aliphatic rings. The van der Waals surface area contributed by atoms with Crippen LogP contribution in [0, 0.1) is 18.2 Å². The van der Waals surface area contributed by atoms with Gasteiger partial charge in [-0.25, -0.2) is 9.37 Å². The summed E-state index contributed by atoms with van der Waals surface area (Å²) in [4.78, 5) is 23.8. The van der Waals surface area contributed by atoms with Crippen molar-refractivity contribution >= 4 is 49.7 Å². The van der Waals surface area contributed by atoms with Crippen LogP contribution in [0.5, 0.6) is 0 Å². The number of amides is 1. The van der Waals surface area contributed by atoms with Crippen molar-refractivity contribution in [2.24, 2.45) is 4.99 Å². The molecule has 0 spiro atoms. The predicted octanol–water partition coefficient (Wildman–Crippen LogP) is 5.49. The van der Waals surface area contributed by atoms with Gasteiger partial charge in [-0.05, 0) is 41.8 Å². The van der Waals surface area contributed by atoms with Crippen LogP contribution < -0.4 is 4.80 Å². The van der Waals surface area contributed by atoms with E-state index >= 15 is 0 Å². The minimum Gasteiger partial charge on any atom is -0.305 e. The number of nitrogens with zero attached hydrogens (tertiary/aromatic N) is 3. The number of thiazole rings is 1. The zero-order chi connectivity index (χ0) is 21.4. The number of halogens is 1. The average Bonchev–Trinajstić information content (AvgIpc) is 3.42. The highest BCUT2D eigenvalue weighted by Crippen LogP contribution is 2.28. The number of hydrogen-bond acceptors (Lipinski definition) is 4. The number of carbonyl (C=O) groups excluding carboxylic acids is 1. The molecule has 0 aliphatic carbocycles. The Bertz CT molecular complexity index is 1560. The summed E-state index contributed by atoms with van der Waals surface area (Å²) in [5.41, 5.74) is 2.66. The fourth-order valence-electron chi connectivity index (χ4n) is 3.43. The predicted molar refractivity (Wildman–Crippen MR) is 124 cm³/mol. The molecule has 0 saturated heterocycles. The van der Waals surface area contributed by atoms with Crippen molar-refractivity contribution in [3.63, 3.8) is 0 Å². The molecule has 5 rings (SSSR count). The van der Waals surface area contributed by atoms with Gasteiger partial charge in [0.25, 0.3) is 5.91 Å². The normalized spacial score (nSPS) is 11.8. The summed E-state index contributed by atoms with van der Waals surface area (Å²) < 4.78 is 16.1. The van der Waals surface area contributed by atoms with E-state index in [1.54, 1.807) is 28.0 Å². The van der Waals surface area contributed by atoms with Crippen molar-refractivity contribution in [1.82, 2.24) is 9.55 Å². The molecule has 1 amide bonds. The van der Waals surface area contributed by atoms with Crippen molar-refractivity contribution in [1.29, 1.82) is 0 Å². The van der Waals surface area contributed by atoms with Crippen molar-refractivity contribution in [2.75, 3.05) is 0 Å². The van der Waals surface area contributed by atoms with Crippen LogP contribution in [-0.2, 0) is 6.54 Å². The number of thiophene rings is 1. The monoisotopic (exact) mass is 443 g/mol. The van der Waals surface area contributed by atoms with E-state index in [4.69, 9.17) is 11.4 Å². The van der Waals surface area contributed by atoms with E-state index in [1.165, 1.54) is 23.5 Å². The third-order valence-electron chi connectivity index (χ3n) is 4.81. The summed E-state index contributed by atoms with van der Waals surface area (Å²) in [5, 5.41) is 2.70. The van der Waals surface area contributed by atoms with Crippen LogP contribution in [0.3, 0.4) is 0 Å². The Kier molecular flexibility index (Phi) is 4.94. The lowest BCUT2D eigenvalue weighted by molar-refractivity contribution is 0.0999. The Hall–Kier alpha value is -3.60. The van der Waals surface area contributed by atoms with Crippen LogP contribution in [0.25, 0.3) is 31.7 Å². The number of hydrogen-bond donors (Lipinski definition) is 0. The van der Waals surface area contributed by atoms with Crippen molar-refractivity contribution in [3.8, 4) is 22.9 Å². The summed E-state index contributed by atoms with van der Waals surface area (Å²) in [5.74, 6) is 1.84. The molecule has 150 valence electrons. The van der Waals surface area contributed by atoms with Crippen molar-refractivity contribution < 1.29 is 9.18 Å². The molecule has 0 bridgehead atoms. The number of pyridine rings is 1. The van der Waals surface area contributed by atoms with Crippen molar-refractivity contribution in [2.45, 2.75) is 6.54 Å². The van der Waals surface area contributed by atoms with Crippen LogP contribution in [0.4, 0.5) is 4.39 Å². The molecule has 3 aromatic heterocycles. The molecular formula is C24H14FN3OS2. The summed E-state index contributed by atoms with van der Waals surface area (Å²) in [7, 11) is 0. The second-order valence-electron chi connectivity index (χ2n) is 6.75. The van der Waals surface area contributed by atoms with Gasteiger partial charge in [0.1, 0.15) is 5.82 Å². The highest BCUT2D eigenvalue weighted by atomic mass is 32.1. The minimum atomic E-state index is -0.394. The molecule has 0 radical (unpaired) electrons. The van der Waals surface area contributed by atoms with Gasteiger partial charge in [-0.2, -0.15) is 4.99 Å². The maximum Gasteiger partial charge on any atom is 0.280 e. The lowest BCUT2D eigenvalue weighted by Gasteiger charge is -2.06. The summed E-state index contributed by atoms with van der Waals surface area (Å²) >= 11 is 2.79. The van der Waals surface area contributed by atoms with Gasteiger partial charge in [0.15, 0.2) is 4.80 Å². The van der Waals surface area contributed by atoms with Crippen LogP contribution in [0.1, 0.15) is 10.4 Å². The largest absolute Gasteiger partial charge is 0.305 e. The van der Waals surface area contributed by atoms with E-state index < -0.39 is 5.91 Å². The quantitative estimate of drug-likeness (QED) is 0.346. The first kappa shape index (κ1) is 19.4. The number of fused-ring (bicyclic) bond motifs is 2. The number of rotatable bonds is 3. The minimum absolute atomic E-state index is 0.231. The van der Waals surface area contributed by atoms with Crippen LogP contribution >= 0.6 is 22.7 Å². The molecule has 7 heteroatoms. The Labute approximate surface area is 185 Å². The summed E-state index contributed by atoms with van der Waals surface area (Å²) in [6.07, 6.45) is 5.53. The van der Waals surface area contributed by atoms with E-state index in [9.17, 15) is 9.18 Å². The van der Waals surface area contributed by atoms with Gasteiger partial charge < -0.3 is 4.57 Å². The van der Waals surface area contributed by atoms with E-state index in [1.807, 2.05) is 41.8 Å². The van der Waals surface area contributed by atoms with Gasteiger partial charge in [0, 0.05) is 5.39 Å². The molecule has 5 aromatic rings. The number of carbonyl (C=O) groups is 1. The topological polar surface area (TPSA) is 47.2 Å². The Morgan fingerprint density at radius 3 is 2.84 bits per heavy atom. The van der Waals surface area contributed by atoms with Crippen molar-refractivity contribution in [3.05, 3.63) is 82.2 Å².